The van der Waals surface area contributed by atoms with Gasteiger partial charge >= 0.3 is 29.5 Å². The lowest BCUT2D eigenvalue weighted by Crippen LogP contribution is -2.42. The molecule has 0 saturated carbocycles. The summed E-state index contributed by atoms with van der Waals surface area (Å²) in [7, 11) is 3.74. The molecule has 13 heteroatoms. The largest absolute Gasteiger partial charge is 0.500 e. The molecule has 0 spiro atoms. The number of ether oxygens (including phenoxy) is 2. The van der Waals surface area contributed by atoms with Gasteiger partial charge in [-0.15, -0.1) is 0 Å². The molecule has 0 aromatic carbocycles. The summed E-state index contributed by atoms with van der Waals surface area (Å²) in [6.45, 7) is 0.307. The van der Waals surface area contributed by atoms with Gasteiger partial charge in [0, 0.05) is 66.9 Å². The molecule has 0 saturated heterocycles. The highest BCUT2D eigenvalue weighted by Crippen LogP contribution is 2.15. The SMILES string of the molecule is CO[Si](CCCOC(=O)/C=C/C(=O)OCCC[Si](OC)(OC)OC)(OC)OC.[SiH4]. The molecule has 29 heavy (non-hydrogen) atoms. The van der Waals surface area contributed by atoms with Crippen LogP contribution in [0.3, 0.4) is 0 Å². The Bertz CT molecular complexity index is 423. The fraction of sp³-hybridized carbons (Fsp3) is 0.750. The highest BCUT2D eigenvalue weighted by atomic mass is 28.4. The van der Waals surface area contributed by atoms with Crippen molar-refractivity contribution in [1.29, 1.82) is 0 Å². The molecular weight excluding hydrogens is 436 g/mol. The molecule has 0 aliphatic rings. The van der Waals surface area contributed by atoms with Crippen molar-refractivity contribution >= 4 is 40.5 Å². The first-order valence-corrected chi connectivity index (χ1v) is 12.5. The highest BCUT2D eigenvalue weighted by Gasteiger charge is 2.37. The van der Waals surface area contributed by atoms with Crippen molar-refractivity contribution in [2.75, 3.05) is 55.9 Å². The van der Waals surface area contributed by atoms with E-state index < -0.39 is 29.5 Å². The minimum absolute atomic E-state index is 0. The van der Waals surface area contributed by atoms with Crippen LogP contribution < -0.4 is 0 Å². The van der Waals surface area contributed by atoms with Crippen LogP contribution in [0.5, 0.6) is 0 Å². The van der Waals surface area contributed by atoms with Gasteiger partial charge in [-0.2, -0.15) is 0 Å². The van der Waals surface area contributed by atoms with Gasteiger partial charge in [0.1, 0.15) is 0 Å². The molecule has 0 aliphatic heterocycles. The van der Waals surface area contributed by atoms with Crippen LogP contribution in [0.2, 0.25) is 12.1 Å². The maximum Gasteiger partial charge on any atom is 0.500 e. The molecule has 0 bridgehead atoms. The Kier molecular flexibility index (Phi) is 17.6. The normalized spacial score (nSPS) is 11.9. The fourth-order valence-electron chi connectivity index (χ4n) is 2.27. The number of hydrogen-bond donors (Lipinski definition) is 0. The van der Waals surface area contributed by atoms with Gasteiger partial charge in [0.15, 0.2) is 0 Å². The molecule has 0 aromatic heterocycles. The van der Waals surface area contributed by atoms with Gasteiger partial charge in [-0.3, -0.25) is 0 Å². The van der Waals surface area contributed by atoms with Crippen LogP contribution in [0.25, 0.3) is 0 Å². The van der Waals surface area contributed by atoms with Gasteiger partial charge in [0.2, 0.25) is 0 Å². The molecule has 0 unspecified atom stereocenters. The van der Waals surface area contributed by atoms with E-state index in [2.05, 4.69) is 0 Å². The molecule has 0 amide bonds. The number of hydrogen-bond acceptors (Lipinski definition) is 10. The lowest BCUT2D eigenvalue weighted by atomic mass is 10.4. The Morgan fingerprint density at radius 3 is 1.14 bits per heavy atom. The average molecular weight is 473 g/mol. The first-order valence-electron chi connectivity index (χ1n) is 8.69. The second-order valence-corrected chi connectivity index (χ2v) is 11.6. The minimum Gasteiger partial charge on any atom is -0.463 e. The van der Waals surface area contributed by atoms with Crippen LogP contribution in [-0.2, 0) is 45.6 Å². The molecular formula is C16H36O10Si3. The predicted molar refractivity (Wildman–Crippen MR) is 115 cm³/mol. The van der Waals surface area contributed by atoms with Crippen LogP contribution in [0.15, 0.2) is 12.2 Å². The zero-order valence-corrected chi connectivity index (χ0v) is 19.5. The van der Waals surface area contributed by atoms with Crippen molar-refractivity contribution in [2.24, 2.45) is 0 Å². The minimum atomic E-state index is -2.67. The van der Waals surface area contributed by atoms with Gasteiger partial charge in [-0.1, -0.05) is 0 Å². The van der Waals surface area contributed by atoms with Gasteiger partial charge in [0.05, 0.1) is 13.2 Å². The molecule has 0 heterocycles. The van der Waals surface area contributed by atoms with Gasteiger partial charge in [-0.05, 0) is 23.8 Å². The lowest BCUT2D eigenvalue weighted by molar-refractivity contribution is -0.140. The molecule has 0 atom stereocenters. The van der Waals surface area contributed by atoms with Crippen LogP contribution in [-0.4, -0.2) is 96.4 Å². The summed E-state index contributed by atoms with van der Waals surface area (Å²) in [4.78, 5) is 23.2. The quantitative estimate of drug-likeness (QED) is 0.129. The van der Waals surface area contributed by atoms with Crippen molar-refractivity contribution < 1.29 is 45.6 Å². The first-order chi connectivity index (χ1) is 13.4. The van der Waals surface area contributed by atoms with Crippen molar-refractivity contribution in [3.05, 3.63) is 12.2 Å². The van der Waals surface area contributed by atoms with E-state index in [-0.39, 0.29) is 24.2 Å². The second kappa shape index (κ2) is 16.8. The summed E-state index contributed by atoms with van der Waals surface area (Å²) < 4.78 is 41.6. The van der Waals surface area contributed by atoms with Crippen molar-refractivity contribution in [1.82, 2.24) is 0 Å². The lowest BCUT2D eigenvalue weighted by Gasteiger charge is -2.24. The summed E-state index contributed by atoms with van der Waals surface area (Å²) in [5.41, 5.74) is 0. The zero-order valence-electron chi connectivity index (χ0n) is 17.5. The Hall–Kier alpha value is -0.909. The summed E-state index contributed by atoms with van der Waals surface area (Å²) in [5.74, 6) is -1.28. The van der Waals surface area contributed by atoms with Crippen molar-refractivity contribution in [2.45, 2.75) is 24.9 Å². The van der Waals surface area contributed by atoms with Crippen LogP contribution >= 0.6 is 0 Å². The van der Waals surface area contributed by atoms with Crippen LogP contribution in [0.1, 0.15) is 12.8 Å². The second-order valence-electron chi connectivity index (χ2n) is 5.47. The number of carbonyl (C=O) groups is 2. The van der Waals surface area contributed by atoms with E-state index in [1.165, 1.54) is 42.7 Å². The molecule has 0 aliphatic carbocycles. The van der Waals surface area contributed by atoms with E-state index in [1.54, 1.807) is 0 Å². The molecule has 0 aromatic rings. The van der Waals surface area contributed by atoms with Gasteiger partial charge < -0.3 is 36.0 Å². The Labute approximate surface area is 179 Å². The smallest absolute Gasteiger partial charge is 0.463 e. The third-order valence-electron chi connectivity index (χ3n) is 3.96. The Balaban J connectivity index is 0. The monoisotopic (exact) mass is 472 g/mol. The molecule has 0 N–H and O–H groups in total. The van der Waals surface area contributed by atoms with Crippen molar-refractivity contribution in [3.8, 4) is 0 Å². The number of carbonyl (C=O) groups excluding carboxylic acids is 2. The van der Waals surface area contributed by atoms with E-state index in [0.717, 1.165) is 12.2 Å². The molecule has 0 radical (unpaired) electrons. The summed E-state index contributed by atoms with van der Waals surface area (Å²) >= 11 is 0. The summed E-state index contributed by atoms with van der Waals surface area (Å²) in [6.07, 6.45) is 3.06. The summed E-state index contributed by atoms with van der Waals surface area (Å²) in [6, 6.07) is 1.01. The van der Waals surface area contributed by atoms with Crippen molar-refractivity contribution in [3.63, 3.8) is 0 Å². The number of esters is 2. The van der Waals surface area contributed by atoms with Gasteiger partial charge in [0.25, 0.3) is 0 Å². The highest BCUT2D eigenvalue weighted by molar-refractivity contribution is 6.60. The average Bonchev–Trinajstić information content (AvgIpc) is 2.73. The zero-order chi connectivity index (χ0) is 21.5. The topological polar surface area (TPSA) is 108 Å². The van der Waals surface area contributed by atoms with E-state index in [1.807, 2.05) is 0 Å². The summed E-state index contributed by atoms with van der Waals surface area (Å²) in [5, 5.41) is 0. The van der Waals surface area contributed by atoms with E-state index >= 15 is 0 Å². The van der Waals surface area contributed by atoms with E-state index in [4.69, 9.17) is 36.0 Å². The third kappa shape index (κ3) is 11.8. The molecule has 0 fully saturated rings. The standard InChI is InChI=1S/C16H32O10Si2.H4Si/c1-19-27(20-2,21-3)13-7-11-25-15(17)9-10-16(18)26-12-8-14-28(22-4,23-5)24-6;/h9-10H,7-8,11-14H2,1-6H3;1H4/b10-9+;. The van der Waals surface area contributed by atoms with Gasteiger partial charge in [-0.25, -0.2) is 9.59 Å². The van der Waals surface area contributed by atoms with E-state index in [9.17, 15) is 9.59 Å². The third-order valence-corrected chi connectivity index (χ3v) is 9.63. The predicted octanol–water partition coefficient (Wildman–Crippen LogP) is -0.286. The van der Waals surface area contributed by atoms with Crippen LogP contribution in [0, 0.1) is 0 Å². The molecule has 10 nitrogen and oxygen atoms in total. The first kappa shape index (κ1) is 30.3. The molecule has 0 rings (SSSR count). The van der Waals surface area contributed by atoms with Crippen LogP contribution in [0.4, 0.5) is 0 Å². The Morgan fingerprint density at radius 1 is 0.621 bits per heavy atom. The maximum absolute atomic E-state index is 11.6. The maximum atomic E-state index is 11.6. The molecule has 172 valence electrons. The Morgan fingerprint density at radius 2 is 0.897 bits per heavy atom. The number of rotatable bonds is 16. The fourth-order valence-corrected chi connectivity index (χ4v) is 5.65. The van der Waals surface area contributed by atoms with E-state index in [0.29, 0.717) is 24.9 Å².